The van der Waals surface area contributed by atoms with Crippen molar-refractivity contribution in [3.8, 4) is 5.69 Å². The molecule has 254 valence electrons. The van der Waals surface area contributed by atoms with Gasteiger partial charge < -0.3 is 15.8 Å². The molecule has 0 spiro atoms. The van der Waals surface area contributed by atoms with Crippen molar-refractivity contribution in [1.82, 2.24) is 34.8 Å². The van der Waals surface area contributed by atoms with Crippen LogP contribution in [0.5, 0.6) is 0 Å². The van der Waals surface area contributed by atoms with E-state index >= 15 is 4.79 Å². The van der Waals surface area contributed by atoms with Gasteiger partial charge in [-0.15, -0.1) is 0 Å². The highest BCUT2D eigenvalue weighted by molar-refractivity contribution is 6.32. The summed E-state index contributed by atoms with van der Waals surface area (Å²) in [6.45, 7) is 5.06. The minimum Gasteiger partial charge on any atom is -0.447 e. The third-order valence-corrected chi connectivity index (χ3v) is 9.29. The number of nitrogens with zero attached hydrogens (tertiary/aromatic N) is 7. The second kappa shape index (κ2) is 12.5. The summed E-state index contributed by atoms with van der Waals surface area (Å²) in [5.41, 5.74) is 6.46. The van der Waals surface area contributed by atoms with Gasteiger partial charge in [-0.3, -0.25) is 9.69 Å². The van der Waals surface area contributed by atoms with E-state index in [1.807, 2.05) is 45.9 Å². The maximum atomic E-state index is 15.0. The lowest BCUT2D eigenvalue weighted by Gasteiger charge is -2.45. The lowest BCUT2D eigenvalue weighted by Crippen LogP contribution is -2.55. The average molecular weight is 682 g/mol. The van der Waals surface area contributed by atoms with Crippen LogP contribution in [0.1, 0.15) is 77.1 Å². The molecule has 1 aliphatic heterocycles. The van der Waals surface area contributed by atoms with Crippen molar-refractivity contribution in [3.05, 3.63) is 77.6 Å². The van der Waals surface area contributed by atoms with Crippen LogP contribution in [0.3, 0.4) is 0 Å². The molecule has 3 aliphatic rings. The van der Waals surface area contributed by atoms with Crippen molar-refractivity contribution < 1.29 is 23.1 Å². The lowest BCUT2D eigenvalue weighted by molar-refractivity contribution is -0.138. The number of aliphatic imine (C=N–C) groups is 1. The Kier molecular flexibility index (Phi) is 8.65. The molecular weight excluding hydrogens is 644 g/mol. The minimum atomic E-state index is -2.75. The molecule has 15 heteroatoms. The Hall–Kier alpha value is -4.59. The molecule has 3 aromatic rings. The third kappa shape index (κ3) is 6.45. The number of hydrogen-bond acceptors (Lipinski definition) is 8. The van der Waals surface area contributed by atoms with Gasteiger partial charge in [-0.25, -0.2) is 24.1 Å². The van der Waals surface area contributed by atoms with Crippen LogP contribution < -0.4 is 11.1 Å². The predicted molar refractivity (Wildman–Crippen MR) is 175 cm³/mol. The molecule has 1 saturated carbocycles. The number of nitrogens with one attached hydrogen (secondary N) is 1. The fourth-order valence-electron chi connectivity index (χ4n) is 6.36. The summed E-state index contributed by atoms with van der Waals surface area (Å²) in [5, 5.41) is 11.2. The first-order valence-corrected chi connectivity index (χ1v) is 16.1. The molecule has 0 saturated heterocycles. The first-order valence-electron chi connectivity index (χ1n) is 15.7. The summed E-state index contributed by atoms with van der Waals surface area (Å²) < 4.78 is 34.2. The van der Waals surface area contributed by atoms with E-state index in [0.717, 1.165) is 12.8 Å². The molecule has 3 heterocycles. The van der Waals surface area contributed by atoms with Crippen LogP contribution in [-0.2, 0) is 9.53 Å². The molecule has 3 N–H and O–H groups in total. The molecule has 1 aromatic carbocycles. The Balaban J connectivity index is 1.37. The van der Waals surface area contributed by atoms with Gasteiger partial charge in [-0.1, -0.05) is 63.6 Å². The Labute approximate surface area is 281 Å². The average Bonchev–Trinajstić information content (AvgIpc) is 3.38. The van der Waals surface area contributed by atoms with Gasteiger partial charge in [0, 0.05) is 23.2 Å². The maximum absolute atomic E-state index is 15.0. The van der Waals surface area contributed by atoms with E-state index in [2.05, 4.69) is 20.5 Å². The number of carbonyl (C=O) groups is 2. The molecule has 2 amide bonds. The van der Waals surface area contributed by atoms with Crippen molar-refractivity contribution in [1.29, 1.82) is 0 Å². The Morgan fingerprint density at radius 1 is 1.25 bits per heavy atom. The third-order valence-electron chi connectivity index (χ3n) is 8.97. The number of amides is 2. The number of ether oxygens (including phenoxy) is 1. The first-order chi connectivity index (χ1) is 22.7. The smallest absolute Gasteiger partial charge is 0.407 e. The fourth-order valence-corrected chi connectivity index (χ4v) is 6.56. The summed E-state index contributed by atoms with van der Waals surface area (Å²) >= 11 is 6.54. The zero-order valence-electron chi connectivity index (χ0n) is 27.1. The number of alkyl halides is 2. The highest BCUT2D eigenvalue weighted by atomic mass is 35.5. The maximum Gasteiger partial charge on any atom is 0.407 e. The minimum absolute atomic E-state index is 0.0136. The van der Waals surface area contributed by atoms with Gasteiger partial charge in [0.05, 0.1) is 22.9 Å². The zero-order valence-corrected chi connectivity index (χ0v) is 27.9. The summed E-state index contributed by atoms with van der Waals surface area (Å²) in [5.74, 6) is -0.363. The predicted octanol–water partition coefficient (Wildman–Crippen LogP) is 5.82. The second-order valence-electron chi connectivity index (χ2n) is 13.9. The van der Waals surface area contributed by atoms with Crippen molar-refractivity contribution in [2.75, 3.05) is 6.61 Å². The van der Waals surface area contributed by atoms with Crippen LogP contribution in [0.25, 0.3) is 11.3 Å². The quantitative estimate of drug-likeness (QED) is 0.274. The number of alkyl carbamates (subject to hydrolysis) is 1. The molecule has 48 heavy (non-hydrogen) atoms. The SMILES string of the molecule is CC(C)(C)C[C@]1(C2(C)C=CC(c3cnn(C(F)F)c3)=CC2)N=C(N)N([C@H](COC(=O)NC2CC2)c2ccc(Cl)c(-n3cncn3)c2)C1=O. The van der Waals surface area contributed by atoms with Crippen LogP contribution in [0, 0.1) is 10.8 Å². The summed E-state index contributed by atoms with van der Waals surface area (Å²) in [4.78, 5) is 38.2. The van der Waals surface area contributed by atoms with Gasteiger partial charge in [-0.2, -0.15) is 19.0 Å². The van der Waals surface area contributed by atoms with Crippen LogP contribution in [-0.4, -0.2) is 65.6 Å². The first kappa shape index (κ1) is 33.3. The highest BCUT2D eigenvalue weighted by Gasteiger charge is 2.60. The van der Waals surface area contributed by atoms with Gasteiger partial charge in [0.1, 0.15) is 19.3 Å². The van der Waals surface area contributed by atoms with Gasteiger partial charge in [-0.05, 0) is 54.4 Å². The Bertz CT molecular complexity index is 1790. The van der Waals surface area contributed by atoms with Crippen LogP contribution >= 0.6 is 11.6 Å². The monoisotopic (exact) mass is 681 g/mol. The van der Waals surface area contributed by atoms with Gasteiger partial charge >= 0.3 is 12.6 Å². The number of nitrogens with two attached hydrogens (primary N) is 1. The van der Waals surface area contributed by atoms with Crippen molar-refractivity contribution in [2.45, 2.75) is 77.6 Å². The fraction of sp³-hybridized carbons (Fsp3) is 0.455. The molecular formula is C33H38ClF2N9O3. The number of allylic oxidation sites excluding steroid dienone is 3. The van der Waals surface area contributed by atoms with E-state index in [1.54, 1.807) is 18.2 Å². The Morgan fingerprint density at radius 3 is 2.62 bits per heavy atom. The van der Waals surface area contributed by atoms with Gasteiger partial charge in [0.25, 0.3) is 5.91 Å². The van der Waals surface area contributed by atoms with Crippen molar-refractivity contribution in [3.63, 3.8) is 0 Å². The second-order valence-corrected chi connectivity index (χ2v) is 14.3. The summed E-state index contributed by atoms with van der Waals surface area (Å²) in [6, 6.07) is 4.39. The molecule has 0 bridgehead atoms. The highest BCUT2D eigenvalue weighted by Crippen LogP contribution is 2.52. The van der Waals surface area contributed by atoms with Gasteiger partial charge in [0.15, 0.2) is 11.5 Å². The van der Waals surface area contributed by atoms with E-state index in [0.29, 0.717) is 44.9 Å². The topological polar surface area (TPSA) is 146 Å². The normalized spacial score (nSPS) is 23.3. The summed E-state index contributed by atoms with van der Waals surface area (Å²) in [7, 11) is 0. The molecule has 2 aliphatic carbocycles. The lowest BCUT2D eigenvalue weighted by atomic mass is 9.61. The number of hydrogen-bond donors (Lipinski definition) is 2. The van der Waals surface area contributed by atoms with Gasteiger partial charge in [0.2, 0.25) is 0 Å². The number of aromatic nitrogens is 5. The molecule has 12 nitrogen and oxygen atoms in total. The summed E-state index contributed by atoms with van der Waals surface area (Å²) in [6.07, 6.45) is 13.1. The van der Waals surface area contributed by atoms with Crippen LogP contribution in [0.4, 0.5) is 13.6 Å². The van der Waals surface area contributed by atoms with Crippen LogP contribution in [0.15, 0.2) is 66.5 Å². The molecule has 1 unspecified atom stereocenters. The van der Waals surface area contributed by atoms with Crippen LogP contribution in [0.2, 0.25) is 5.02 Å². The molecule has 3 atom stereocenters. The molecule has 2 aromatic heterocycles. The number of rotatable bonds is 10. The van der Waals surface area contributed by atoms with Crippen molar-refractivity contribution in [2.24, 2.45) is 21.6 Å². The molecule has 1 fully saturated rings. The Morgan fingerprint density at radius 2 is 2.02 bits per heavy atom. The van der Waals surface area contributed by atoms with E-state index in [-0.39, 0.29) is 29.9 Å². The molecule has 0 radical (unpaired) electrons. The zero-order chi connectivity index (χ0) is 34.4. The van der Waals surface area contributed by atoms with E-state index in [9.17, 15) is 13.6 Å². The van der Waals surface area contributed by atoms with E-state index < -0.39 is 29.6 Å². The number of halogens is 3. The van der Waals surface area contributed by atoms with E-state index in [1.165, 1.54) is 34.6 Å². The largest absolute Gasteiger partial charge is 0.447 e. The number of carbonyl (C=O) groups excluding carboxylic acids is 2. The van der Waals surface area contributed by atoms with Crippen molar-refractivity contribution >= 4 is 35.1 Å². The standard InChI is InChI=1S/C33H38ClF2N9O3/c1-31(2,3)17-33(32(4)11-9-20(10-12-32)22-14-39-43(15-22)28(35)36)27(46)45(29(37)42-33)26(16-48-30(47)41-23-6-7-23)21-5-8-24(34)25(13-21)44-19-38-18-40-44/h5,8-11,13-15,18-19,23,26,28H,6-7,12,16-17H2,1-4H3,(H2,37,42)(H,41,47)/t26-,32?,33+/m1/s1. The number of guanidine groups is 1. The van der Waals surface area contributed by atoms with E-state index in [4.69, 9.17) is 27.1 Å². The number of benzene rings is 1. The molecule has 6 rings (SSSR count).